The molecule has 0 fully saturated rings. The Hall–Kier alpha value is -3.36. The van der Waals surface area contributed by atoms with E-state index in [1.54, 1.807) is 18.2 Å². The summed E-state index contributed by atoms with van der Waals surface area (Å²) in [5.74, 6) is -10.8. The molecule has 1 atom stereocenters. The summed E-state index contributed by atoms with van der Waals surface area (Å²) < 4.78 is 74.9. The van der Waals surface area contributed by atoms with Gasteiger partial charge in [0.15, 0.2) is 23.3 Å². The van der Waals surface area contributed by atoms with Gasteiger partial charge in [0.2, 0.25) is 5.82 Å². The van der Waals surface area contributed by atoms with Crippen molar-refractivity contribution in [3.8, 4) is 0 Å². The Balaban J connectivity index is 1.90. The van der Waals surface area contributed by atoms with Gasteiger partial charge in [-0.3, -0.25) is 4.79 Å². The van der Waals surface area contributed by atoms with E-state index in [4.69, 9.17) is 4.42 Å². The highest BCUT2D eigenvalue weighted by Gasteiger charge is 2.39. The molecule has 0 saturated heterocycles. The molecule has 0 spiro atoms. The summed E-state index contributed by atoms with van der Waals surface area (Å²) in [5, 5.41) is 2.69. The number of carbonyl (C=O) groups excluding carboxylic acids is 1. The quantitative estimate of drug-likeness (QED) is 0.397. The van der Waals surface area contributed by atoms with Crippen molar-refractivity contribution in [2.75, 3.05) is 5.32 Å². The number of hydrogen-bond acceptors (Lipinski definition) is 3. The molecule has 1 N–H and O–H groups in total. The number of fused-ring (bicyclic) bond motifs is 1. The molecule has 1 aliphatic rings. The van der Waals surface area contributed by atoms with E-state index in [1.807, 2.05) is 0 Å². The van der Waals surface area contributed by atoms with Crippen LogP contribution in [0.5, 0.6) is 0 Å². The van der Waals surface area contributed by atoms with Crippen LogP contribution >= 0.6 is 0 Å². The zero-order valence-corrected chi connectivity index (χ0v) is 14.0. The van der Waals surface area contributed by atoms with Crippen molar-refractivity contribution in [3.05, 3.63) is 88.6 Å². The third-order valence-corrected chi connectivity index (χ3v) is 4.45. The number of carbonyl (C=O) groups is 1. The van der Waals surface area contributed by atoms with Crippen molar-refractivity contribution in [2.45, 2.75) is 12.7 Å². The smallest absolute Gasteiger partial charge is 0.258 e. The lowest BCUT2D eigenvalue weighted by molar-refractivity contribution is 0.0642. The topological polar surface area (TPSA) is 45.5 Å². The van der Waals surface area contributed by atoms with Gasteiger partial charge in [0.25, 0.3) is 5.91 Å². The predicted octanol–water partition coefficient (Wildman–Crippen LogP) is 4.74. The van der Waals surface area contributed by atoms with E-state index in [0.717, 1.165) is 4.90 Å². The monoisotopic (exact) mass is 394 g/mol. The van der Waals surface area contributed by atoms with Gasteiger partial charge in [0, 0.05) is 5.69 Å². The largest absolute Gasteiger partial charge is 0.467 e. The second kappa shape index (κ2) is 6.66. The molecule has 4 rings (SSSR count). The van der Waals surface area contributed by atoms with Crippen LogP contribution in [0.3, 0.4) is 0 Å². The Labute approximate surface area is 155 Å². The van der Waals surface area contributed by atoms with Crippen LogP contribution in [-0.4, -0.2) is 10.8 Å². The average Bonchev–Trinajstić information content (AvgIpc) is 3.21. The lowest BCUT2D eigenvalue weighted by Gasteiger charge is -2.38. The number of hydrogen-bond donors (Lipinski definition) is 1. The van der Waals surface area contributed by atoms with Crippen LogP contribution in [0.15, 0.2) is 47.1 Å². The van der Waals surface area contributed by atoms with Gasteiger partial charge in [-0.1, -0.05) is 12.1 Å². The van der Waals surface area contributed by atoms with Gasteiger partial charge in [-0.05, 0) is 24.3 Å². The molecule has 4 nitrogen and oxygen atoms in total. The highest BCUT2D eigenvalue weighted by Crippen LogP contribution is 2.38. The summed E-state index contributed by atoms with van der Waals surface area (Å²) >= 11 is 0. The summed E-state index contributed by atoms with van der Waals surface area (Å²) in [7, 11) is 0. The molecule has 1 aliphatic heterocycles. The lowest BCUT2D eigenvalue weighted by atomic mass is 10.0. The SMILES string of the molecule is O=C1c2ccccc2NC(c2c(F)c(F)c(F)c(F)c2F)N1Cc1ccco1. The fourth-order valence-electron chi connectivity index (χ4n) is 3.12. The second-order valence-corrected chi connectivity index (χ2v) is 6.09. The molecule has 2 aromatic carbocycles. The number of anilines is 1. The van der Waals surface area contributed by atoms with Gasteiger partial charge in [0.05, 0.1) is 23.9 Å². The van der Waals surface area contributed by atoms with E-state index in [2.05, 4.69) is 5.32 Å². The Kier molecular flexibility index (Phi) is 4.29. The van der Waals surface area contributed by atoms with Crippen LogP contribution in [-0.2, 0) is 6.54 Å². The van der Waals surface area contributed by atoms with Crippen LogP contribution in [0, 0.1) is 29.1 Å². The van der Waals surface area contributed by atoms with Crippen molar-refractivity contribution in [1.82, 2.24) is 4.90 Å². The van der Waals surface area contributed by atoms with Gasteiger partial charge in [-0.15, -0.1) is 0 Å². The summed E-state index contributed by atoms with van der Waals surface area (Å²) in [5.41, 5.74) is -0.753. The minimum atomic E-state index is -2.26. The number of nitrogens with one attached hydrogen (secondary N) is 1. The zero-order chi connectivity index (χ0) is 20.0. The first-order valence-electron chi connectivity index (χ1n) is 8.10. The number of furan rings is 1. The van der Waals surface area contributed by atoms with E-state index in [1.165, 1.54) is 24.5 Å². The maximum Gasteiger partial charge on any atom is 0.258 e. The molecule has 0 aliphatic carbocycles. The molecule has 1 unspecified atom stereocenters. The van der Waals surface area contributed by atoms with E-state index < -0.39 is 46.7 Å². The third kappa shape index (κ3) is 2.70. The fourth-order valence-corrected chi connectivity index (χ4v) is 3.12. The summed E-state index contributed by atoms with van der Waals surface area (Å²) in [6.07, 6.45) is -0.310. The van der Waals surface area contributed by atoms with Crippen LogP contribution in [0.4, 0.5) is 27.6 Å². The van der Waals surface area contributed by atoms with Gasteiger partial charge in [0.1, 0.15) is 11.9 Å². The molecular formula is C19H11F5N2O2. The Bertz CT molecular complexity index is 1040. The number of amides is 1. The molecule has 0 radical (unpaired) electrons. The normalized spacial score (nSPS) is 16.1. The first kappa shape index (κ1) is 18.0. The Morgan fingerprint density at radius 3 is 2.18 bits per heavy atom. The van der Waals surface area contributed by atoms with Crippen LogP contribution < -0.4 is 5.32 Å². The lowest BCUT2D eigenvalue weighted by Crippen LogP contribution is -2.43. The molecule has 0 saturated carbocycles. The van der Waals surface area contributed by atoms with E-state index >= 15 is 0 Å². The summed E-state index contributed by atoms with van der Waals surface area (Å²) in [6.45, 7) is -0.253. The average molecular weight is 394 g/mol. The van der Waals surface area contributed by atoms with Gasteiger partial charge in [-0.25, -0.2) is 22.0 Å². The highest BCUT2D eigenvalue weighted by atomic mass is 19.2. The molecule has 2 heterocycles. The number of para-hydroxylation sites is 1. The predicted molar refractivity (Wildman–Crippen MR) is 87.6 cm³/mol. The Morgan fingerprint density at radius 1 is 0.893 bits per heavy atom. The Morgan fingerprint density at radius 2 is 1.54 bits per heavy atom. The molecule has 1 aromatic heterocycles. The zero-order valence-electron chi connectivity index (χ0n) is 14.0. The molecule has 9 heteroatoms. The van der Waals surface area contributed by atoms with E-state index in [9.17, 15) is 26.7 Å². The van der Waals surface area contributed by atoms with Gasteiger partial charge >= 0.3 is 0 Å². The summed E-state index contributed by atoms with van der Waals surface area (Å²) in [4.78, 5) is 13.9. The van der Waals surface area contributed by atoms with Crippen LogP contribution in [0.2, 0.25) is 0 Å². The van der Waals surface area contributed by atoms with E-state index in [-0.39, 0.29) is 23.6 Å². The molecule has 1 amide bonds. The van der Waals surface area contributed by atoms with Crippen molar-refractivity contribution in [1.29, 1.82) is 0 Å². The maximum absolute atomic E-state index is 14.4. The molecular weight excluding hydrogens is 383 g/mol. The van der Waals surface area contributed by atoms with Crippen LogP contribution in [0.1, 0.15) is 27.8 Å². The molecule has 144 valence electrons. The number of benzene rings is 2. The van der Waals surface area contributed by atoms with Crippen LogP contribution in [0.25, 0.3) is 0 Å². The molecule has 0 bridgehead atoms. The first-order valence-corrected chi connectivity index (χ1v) is 8.10. The van der Waals surface area contributed by atoms with Crippen molar-refractivity contribution in [3.63, 3.8) is 0 Å². The van der Waals surface area contributed by atoms with Gasteiger partial charge in [-0.2, -0.15) is 0 Å². The van der Waals surface area contributed by atoms with E-state index in [0.29, 0.717) is 0 Å². The highest BCUT2D eigenvalue weighted by molar-refractivity contribution is 6.01. The first-order chi connectivity index (χ1) is 13.4. The standard InChI is InChI=1S/C19H11F5N2O2/c20-13-12(14(21)16(23)17(24)15(13)22)18-25-11-6-2-1-5-10(11)19(27)26(18)8-9-4-3-7-28-9/h1-7,18,25H,8H2. The number of rotatable bonds is 3. The second-order valence-electron chi connectivity index (χ2n) is 6.09. The minimum Gasteiger partial charge on any atom is -0.467 e. The van der Waals surface area contributed by atoms with Crippen molar-refractivity contribution in [2.24, 2.45) is 0 Å². The van der Waals surface area contributed by atoms with Crippen molar-refractivity contribution < 1.29 is 31.2 Å². The number of nitrogens with zero attached hydrogens (tertiary/aromatic N) is 1. The van der Waals surface area contributed by atoms with Gasteiger partial charge < -0.3 is 14.6 Å². The molecule has 28 heavy (non-hydrogen) atoms. The maximum atomic E-state index is 14.4. The minimum absolute atomic E-state index is 0.189. The third-order valence-electron chi connectivity index (χ3n) is 4.45. The summed E-state index contributed by atoms with van der Waals surface area (Å²) in [6, 6.07) is 9.16. The molecule has 3 aromatic rings. The number of halogens is 5. The van der Waals surface area contributed by atoms with Crippen molar-refractivity contribution >= 4 is 11.6 Å². The fraction of sp³-hybridized carbons (Fsp3) is 0.105.